The summed E-state index contributed by atoms with van der Waals surface area (Å²) >= 11 is 0. The highest BCUT2D eigenvalue weighted by atomic mass is 15.3. The van der Waals surface area contributed by atoms with Crippen molar-refractivity contribution in [2.75, 3.05) is 0 Å². The first kappa shape index (κ1) is 9.30. The van der Waals surface area contributed by atoms with E-state index in [4.69, 9.17) is 0 Å². The summed E-state index contributed by atoms with van der Waals surface area (Å²) in [6.45, 7) is 8.72. The molecule has 0 N–H and O–H groups in total. The number of nitrogens with zero attached hydrogens (tertiary/aromatic N) is 2. The summed E-state index contributed by atoms with van der Waals surface area (Å²) in [4.78, 5) is 0. The molecule has 1 aromatic rings. The Labute approximate surface area is 74.6 Å². The second-order valence-corrected chi connectivity index (χ2v) is 3.59. The van der Waals surface area contributed by atoms with E-state index in [1.807, 2.05) is 11.7 Å². The molecule has 0 aromatic carbocycles. The number of hydrogen-bond donors (Lipinski definition) is 0. The molecule has 0 amide bonds. The third-order valence-corrected chi connectivity index (χ3v) is 2.35. The molecule has 0 aliphatic carbocycles. The molecule has 0 unspecified atom stereocenters. The molecule has 2 nitrogen and oxygen atoms in total. The molecule has 12 heavy (non-hydrogen) atoms. The van der Waals surface area contributed by atoms with E-state index in [2.05, 4.69) is 32.8 Å². The highest BCUT2D eigenvalue weighted by molar-refractivity contribution is 5.26. The summed E-state index contributed by atoms with van der Waals surface area (Å²) in [6, 6.07) is 0. The molecule has 1 heterocycles. The van der Waals surface area contributed by atoms with Crippen molar-refractivity contribution in [3.05, 3.63) is 17.0 Å². The number of aromatic nitrogens is 2. The molecule has 1 aromatic heterocycles. The third-order valence-electron chi connectivity index (χ3n) is 2.35. The van der Waals surface area contributed by atoms with Gasteiger partial charge in [0.05, 0.1) is 5.69 Å². The molecule has 0 fully saturated rings. The number of hydrogen-bond acceptors (Lipinski definition) is 1. The molecule has 0 saturated carbocycles. The quantitative estimate of drug-likeness (QED) is 0.659. The maximum atomic E-state index is 4.50. The molecule has 0 saturated heterocycles. The van der Waals surface area contributed by atoms with Crippen LogP contribution in [0.2, 0.25) is 0 Å². The topological polar surface area (TPSA) is 17.8 Å². The van der Waals surface area contributed by atoms with Crippen LogP contribution >= 0.6 is 0 Å². The molecule has 0 atom stereocenters. The van der Waals surface area contributed by atoms with Gasteiger partial charge in [0.1, 0.15) is 0 Å². The highest BCUT2D eigenvalue weighted by Crippen LogP contribution is 2.20. The summed E-state index contributed by atoms with van der Waals surface area (Å²) in [6.07, 6.45) is 1.07. The van der Waals surface area contributed by atoms with Gasteiger partial charge in [0, 0.05) is 12.7 Å². The van der Waals surface area contributed by atoms with Crippen LogP contribution in [0.5, 0.6) is 0 Å². The van der Waals surface area contributed by atoms with E-state index in [0.717, 1.165) is 6.42 Å². The second kappa shape index (κ2) is 3.30. The average molecular weight is 166 g/mol. The summed E-state index contributed by atoms with van der Waals surface area (Å²) in [5.74, 6) is 0.538. The molecule has 0 aliphatic rings. The Kier molecular flexibility index (Phi) is 2.55. The van der Waals surface area contributed by atoms with Gasteiger partial charge in [0.15, 0.2) is 0 Å². The van der Waals surface area contributed by atoms with Crippen molar-refractivity contribution >= 4 is 0 Å². The van der Waals surface area contributed by atoms with Crippen molar-refractivity contribution in [2.45, 2.75) is 40.0 Å². The molecular formula is C10H18N2. The van der Waals surface area contributed by atoms with Crippen LogP contribution in [0.1, 0.15) is 43.6 Å². The van der Waals surface area contributed by atoms with Crippen LogP contribution in [0.15, 0.2) is 0 Å². The van der Waals surface area contributed by atoms with Crippen LogP contribution in [-0.4, -0.2) is 9.78 Å². The maximum Gasteiger partial charge on any atom is 0.0681 e. The normalized spacial score (nSPS) is 11.2. The van der Waals surface area contributed by atoms with E-state index in [1.165, 1.54) is 17.0 Å². The van der Waals surface area contributed by atoms with Crippen molar-refractivity contribution < 1.29 is 0 Å². The fourth-order valence-corrected chi connectivity index (χ4v) is 1.73. The van der Waals surface area contributed by atoms with E-state index in [9.17, 15) is 0 Å². The Bertz CT molecular complexity index is 272. The van der Waals surface area contributed by atoms with Crippen molar-refractivity contribution in [1.82, 2.24) is 9.78 Å². The first-order valence-electron chi connectivity index (χ1n) is 4.60. The Morgan fingerprint density at radius 1 is 1.42 bits per heavy atom. The predicted octanol–water partition coefficient (Wildman–Crippen LogP) is 2.41. The van der Waals surface area contributed by atoms with E-state index >= 15 is 0 Å². The SMILES string of the molecule is CCc1c(C)c(C(C)C)nn1C. The second-order valence-electron chi connectivity index (χ2n) is 3.59. The Balaban J connectivity index is 3.17. The minimum Gasteiger partial charge on any atom is -0.272 e. The van der Waals surface area contributed by atoms with Crippen LogP contribution in [0, 0.1) is 6.92 Å². The lowest BCUT2D eigenvalue weighted by atomic mass is 10.0. The molecule has 0 radical (unpaired) electrons. The highest BCUT2D eigenvalue weighted by Gasteiger charge is 2.12. The van der Waals surface area contributed by atoms with Gasteiger partial charge in [0.25, 0.3) is 0 Å². The van der Waals surface area contributed by atoms with Crippen LogP contribution in [-0.2, 0) is 13.5 Å². The molecule has 1 rings (SSSR count). The smallest absolute Gasteiger partial charge is 0.0681 e. The molecule has 68 valence electrons. The predicted molar refractivity (Wildman–Crippen MR) is 51.4 cm³/mol. The lowest BCUT2D eigenvalue weighted by Crippen LogP contribution is -1.97. The van der Waals surface area contributed by atoms with Gasteiger partial charge in [-0.2, -0.15) is 5.10 Å². The van der Waals surface area contributed by atoms with E-state index in [1.54, 1.807) is 0 Å². The zero-order valence-corrected chi connectivity index (χ0v) is 8.68. The molecule has 0 aliphatic heterocycles. The van der Waals surface area contributed by atoms with Gasteiger partial charge in [-0.05, 0) is 24.8 Å². The molecule has 0 spiro atoms. The van der Waals surface area contributed by atoms with Gasteiger partial charge in [-0.3, -0.25) is 4.68 Å². The van der Waals surface area contributed by atoms with Crippen LogP contribution in [0.4, 0.5) is 0 Å². The van der Waals surface area contributed by atoms with E-state index in [0.29, 0.717) is 5.92 Å². The monoisotopic (exact) mass is 166 g/mol. The van der Waals surface area contributed by atoms with E-state index < -0.39 is 0 Å². The zero-order valence-electron chi connectivity index (χ0n) is 8.68. The molecule has 2 heteroatoms. The van der Waals surface area contributed by atoms with Gasteiger partial charge in [-0.25, -0.2) is 0 Å². The Morgan fingerprint density at radius 3 is 2.25 bits per heavy atom. The first-order valence-corrected chi connectivity index (χ1v) is 4.60. The zero-order chi connectivity index (χ0) is 9.30. The summed E-state index contributed by atoms with van der Waals surface area (Å²) < 4.78 is 2.00. The molecular weight excluding hydrogens is 148 g/mol. The minimum absolute atomic E-state index is 0.538. The fourth-order valence-electron chi connectivity index (χ4n) is 1.73. The number of aryl methyl sites for hydroxylation is 1. The third kappa shape index (κ3) is 1.38. The van der Waals surface area contributed by atoms with Crippen LogP contribution < -0.4 is 0 Å². The van der Waals surface area contributed by atoms with Crippen LogP contribution in [0.25, 0.3) is 0 Å². The van der Waals surface area contributed by atoms with Gasteiger partial charge in [-0.1, -0.05) is 20.8 Å². The van der Waals surface area contributed by atoms with E-state index in [-0.39, 0.29) is 0 Å². The lowest BCUT2D eigenvalue weighted by molar-refractivity contribution is 0.685. The van der Waals surface area contributed by atoms with Gasteiger partial charge in [-0.15, -0.1) is 0 Å². The largest absolute Gasteiger partial charge is 0.272 e. The van der Waals surface area contributed by atoms with Crippen molar-refractivity contribution in [3.8, 4) is 0 Å². The standard InChI is InChI=1S/C10H18N2/c1-6-9-8(4)10(7(2)3)11-12(9)5/h7H,6H2,1-5H3. The molecule has 0 bridgehead atoms. The maximum absolute atomic E-state index is 4.50. The Hall–Kier alpha value is -0.790. The fraction of sp³-hybridized carbons (Fsp3) is 0.700. The first-order chi connectivity index (χ1) is 5.57. The summed E-state index contributed by atoms with van der Waals surface area (Å²) in [5.41, 5.74) is 3.98. The van der Waals surface area contributed by atoms with Gasteiger partial charge >= 0.3 is 0 Å². The number of rotatable bonds is 2. The van der Waals surface area contributed by atoms with Gasteiger partial charge in [0.2, 0.25) is 0 Å². The summed E-state index contributed by atoms with van der Waals surface area (Å²) in [5, 5.41) is 4.50. The van der Waals surface area contributed by atoms with Crippen molar-refractivity contribution in [2.24, 2.45) is 7.05 Å². The lowest BCUT2D eigenvalue weighted by Gasteiger charge is -2.00. The average Bonchev–Trinajstić information content (AvgIpc) is 2.27. The minimum atomic E-state index is 0.538. The van der Waals surface area contributed by atoms with Gasteiger partial charge < -0.3 is 0 Å². The summed E-state index contributed by atoms with van der Waals surface area (Å²) in [7, 11) is 2.03. The van der Waals surface area contributed by atoms with Crippen LogP contribution in [0.3, 0.4) is 0 Å². The Morgan fingerprint density at radius 2 is 2.00 bits per heavy atom. The van der Waals surface area contributed by atoms with Crippen molar-refractivity contribution in [1.29, 1.82) is 0 Å². The van der Waals surface area contributed by atoms with Crippen molar-refractivity contribution in [3.63, 3.8) is 0 Å².